The van der Waals surface area contributed by atoms with Crippen LogP contribution < -0.4 is 16.0 Å². The van der Waals surface area contributed by atoms with E-state index < -0.39 is 5.91 Å². The van der Waals surface area contributed by atoms with Gasteiger partial charge in [0, 0.05) is 28.0 Å². The van der Waals surface area contributed by atoms with Crippen LogP contribution in [0.4, 0.5) is 11.4 Å². The van der Waals surface area contributed by atoms with Gasteiger partial charge in [0.1, 0.15) is 11.5 Å². The molecule has 0 unspecified atom stereocenters. The highest BCUT2D eigenvalue weighted by atomic mass is 35.5. The highest BCUT2D eigenvalue weighted by Crippen LogP contribution is 2.27. The summed E-state index contributed by atoms with van der Waals surface area (Å²) in [6.45, 7) is 1.93. The summed E-state index contributed by atoms with van der Waals surface area (Å²) in [5.74, 6) is 0.371. The smallest absolute Gasteiger partial charge is 0.257 e. The summed E-state index contributed by atoms with van der Waals surface area (Å²) in [6, 6.07) is 22.9. The first-order valence-electron chi connectivity index (χ1n) is 11.1. The van der Waals surface area contributed by atoms with E-state index in [1.165, 1.54) is 6.08 Å². The highest BCUT2D eigenvalue weighted by Gasteiger charge is 2.11. The lowest BCUT2D eigenvalue weighted by Gasteiger charge is -2.11. The van der Waals surface area contributed by atoms with Crippen LogP contribution in [0.3, 0.4) is 0 Å². The Morgan fingerprint density at radius 2 is 1.62 bits per heavy atom. The zero-order valence-corrected chi connectivity index (χ0v) is 21.9. The highest BCUT2D eigenvalue weighted by molar-refractivity contribution is 7.80. The van der Waals surface area contributed by atoms with E-state index in [4.69, 9.17) is 39.8 Å². The molecule has 0 saturated carbocycles. The number of aryl methyl sites for hydroxylation is 1. The minimum atomic E-state index is -0.433. The Balaban J connectivity index is 1.32. The molecule has 3 aromatic carbocycles. The monoisotopic (exact) mass is 549 g/mol. The van der Waals surface area contributed by atoms with Gasteiger partial charge in [0.05, 0.1) is 10.6 Å². The third kappa shape index (κ3) is 7.07. The molecule has 0 aliphatic carbocycles. The molecular formula is C28H21Cl2N3O3S. The average molecular weight is 550 g/mol. The van der Waals surface area contributed by atoms with Gasteiger partial charge in [0.2, 0.25) is 5.91 Å². The Bertz CT molecular complexity index is 1510. The fourth-order valence-corrected chi connectivity index (χ4v) is 3.96. The van der Waals surface area contributed by atoms with Gasteiger partial charge in [-0.05, 0) is 79.3 Å². The molecule has 37 heavy (non-hydrogen) atoms. The number of carbonyl (C=O) groups excluding carboxylic acids is 2. The molecule has 0 atom stereocenters. The molecule has 0 spiro atoms. The molecule has 186 valence electrons. The third-order valence-electron chi connectivity index (χ3n) is 5.22. The lowest BCUT2D eigenvalue weighted by molar-refractivity contribution is -0.115. The molecule has 0 aliphatic heterocycles. The molecule has 0 radical (unpaired) electrons. The number of halogens is 2. The van der Waals surface area contributed by atoms with E-state index in [0.29, 0.717) is 38.5 Å². The van der Waals surface area contributed by atoms with E-state index in [9.17, 15) is 9.59 Å². The van der Waals surface area contributed by atoms with E-state index >= 15 is 0 Å². The summed E-state index contributed by atoms with van der Waals surface area (Å²) in [4.78, 5) is 24.8. The van der Waals surface area contributed by atoms with Crippen LogP contribution in [0.2, 0.25) is 10.0 Å². The fourth-order valence-electron chi connectivity index (χ4n) is 3.34. The molecule has 4 aromatic rings. The predicted molar refractivity (Wildman–Crippen MR) is 153 cm³/mol. The number of benzene rings is 3. The number of nitrogens with one attached hydrogen (secondary N) is 3. The third-order valence-corrected chi connectivity index (χ3v) is 6.16. The molecule has 2 amide bonds. The Kier molecular flexibility index (Phi) is 8.40. The number of carbonyl (C=O) groups is 2. The summed E-state index contributed by atoms with van der Waals surface area (Å²) in [5, 5.41) is 9.39. The van der Waals surface area contributed by atoms with Gasteiger partial charge in [-0.2, -0.15) is 0 Å². The number of thiocarbonyl (C=S) groups is 1. The summed E-state index contributed by atoms with van der Waals surface area (Å²) in [6.07, 6.45) is 2.86. The maximum Gasteiger partial charge on any atom is 0.257 e. The molecule has 0 bridgehead atoms. The van der Waals surface area contributed by atoms with Crippen molar-refractivity contribution in [3.8, 4) is 11.3 Å². The van der Waals surface area contributed by atoms with Crippen molar-refractivity contribution in [1.29, 1.82) is 0 Å². The second kappa shape index (κ2) is 11.9. The van der Waals surface area contributed by atoms with E-state index in [2.05, 4.69) is 16.0 Å². The lowest BCUT2D eigenvalue weighted by atomic mass is 10.1. The first-order chi connectivity index (χ1) is 17.8. The van der Waals surface area contributed by atoms with E-state index in [0.717, 1.165) is 11.1 Å². The zero-order chi connectivity index (χ0) is 26.4. The number of hydrogen-bond acceptors (Lipinski definition) is 4. The molecule has 3 N–H and O–H groups in total. The summed E-state index contributed by atoms with van der Waals surface area (Å²) >= 11 is 17.5. The van der Waals surface area contributed by atoms with E-state index in [1.807, 2.05) is 31.2 Å². The van der Waals surface area contributed by atoms with Gasteiger partial charge >= 0.3 is 0 Å². The van der Waals surface area contributed by atoms with Crippen molar-refractivity contribution in [3.05, 3.63) is 112 Å². The lowest BCUT2D eigenvalue weighted by Crippen LogP contribution is -2.32. The maximum atomic E-state index is 12.5. The number of anilines is 2. The van der Waals surface area contributed by atoms with Gasteiger partial charge in [-0.15, -0.1) is 0 Å². The van der Waals surface area contributed by atoms with Gasteiger partial charge in [-0.1, -0.05) is 53.5 Å². The van der Waals surface area contributed by atoms with Crippen molar-refractivity contribution in [3.63, 3.8) is 0 Å². The van der Waals surface area contributed by atoms with Crippen LogP contribution in [0.15, 0.2) is 89.4 Å². The van der Waals surface area contributed by atoms with Crippen molar-refractivity contribution in [2.24, 2.45) is 0 Å². The van der Waals surface area contributed by atoms with Crippen LogP contribution in [0.1, 0.15) is 21.7 Å². The fraction of sp³-hybridized carbons (Fsp3) is 0.0357. The standard InChI is InChI=1S/C28H21Cl2N3O3S/c1-17-9-10-18(15-24(17)30)25-13-11-21(36-25)12-14-26(34)33-28(37)32-20-6-4-5-19(16-20)31-27(35)22-7-2-3-8-23(22)29/h2-16H,1H3,(H,31,35)(H2,32,33,34,37)/b14-12+. The van der Waals surface area contributed by atoms with Crippen molar-refractivity contribution >= 4 is 69.8 Å². The zero-order valence-electron chi connectivity index (χ0n) is 19.5. The van der Waals surface area contributed by atoms with Crippen molar-refractivity contribution in [2.75, 3.05) is 10.6 Å². The van der Waals surface area contributed by atoms with Gasteiger partial charge in [-0.3, -0.25) is 14.9 Å². The van der Waals surface area contributed by atoms with Gasteiger partial charge < -0.3 is 15.1 Å². The van der Waals surface area contributed by atoms with Crippen LogP contribution in [0.25, 0.3) is 17.4 Å². The van der Waals surface area contributed by atoms with Crippen LogP contribution in [0, 0.1) is 6.92 Å². The molecule has 6 nitrogen and oxygen atoms in total. The van der Waals surface area contributed by atoms with Gasteiger partial charge in [0.15, 0.2) is 5.11 Å². The molecule has 0 saturated heterocycles. The Morgan fingerprint density at radius 3 is 2.38 bits per heavy atom. The number of amides is 2. The van der Waals surface area contributed by atoms with Crippen LogP contribution in [-0.2, 0) is 4.79 Å². The predicted octanol–water partition coefficient (Wildman–Crippen LogP) is 7.34. The maximum absolute atomic E-state index is 12.5. The van der Waals surface area contributed by atoms with Crippen molar-refractivity contribution < 1.29 is 14.0 Å². The molecule has 0 fully saturated rings. The normalized spacial score (nSPS) is 10.8. The molecular weight excluding hydrogens is 529 g/mol. The average Bonchev–Trinajstić information content (AvgIpc) is 3.34. The summed E-state index contributed by atoms with van der Waals surface area (Å²) < 4.78 is 5.78. The topological polar surface area (TPSA) is 83.4 Å². The van der Waals surface area contributed by atoms with Crippen molar-refractivity contribution in [2.45, 2.75) is 6.92 Å². The Morgan fingerprint density at radius 1 is 0.865 bits per heavy atom. The summed E-state index contributed by atoms with van der Waals surface area (Å²) in [5.41, 5.74) is 3.30. The first-order valence-corrected chi connectivity index (χ1v) is 12.3. The Hall–Kier alpha value is -3.91. The van der Waals surface area contributed by atoms with Gasteiger partial charge in [0.25, 0.3) is 5.91 Å². The van der Waals surface area contributed by atoms with Crippen LogP contribution in [-0.4, -0.2) is 16.9 Å². The largest absolute Gasteiger partial charge is 0.457 e. The second-order valence-electron chi connectivity index (χ2n) is 7.96. The SMILES string of the molecule is Cc1ccc(-c2ccc(/C=C/C(=O)NC(=S)Nc3cccc(NC(=O)c4ccccc4Cl)c3)o2)cc1Cl. The number of rotatable bonds is 6. The van der Waals surface area contributed by atoms with Gasteiger partial charge in [-0.25, -0.2) is 0 Å². The minimum absolute atomic E-state index is 0.0960. The molecule has 1 heterocycles. The first kappa shape index (κ1) is 26.2. The Labute approximate surface area is 229 Å². The van der Waals surface area contributed by atoms with Crippen LogP contribution in [0.5, 0.6) is 0 Å². The molecule has 1 aromatic heterocycles. The minimum Gasteiger partial charge on any atom is -0.457 e. The van der Waals surface area contributed by atoms with E-state index in [-0.39, 0.29) is 11.0 Å². The number of hydrogen-bond donors (Lipinski definition) is 3. The van der Waals surface area contributed by atoms with Crippen molar-refractivity contribution in [1.82, 2.24) is 5.32 Å². The van der Waals surface area contributed by atoms with Crippen LogP contribution >= 0.6 is 35.4 Å². The molecule has 4 rings (SSSR count). The molecule has 0 aliphatic rings. The summed E-state index contributed by atoms with van der Waals surface area (Å²) in [7, 11) is 0. The quantitative estimate of drug-likeness (QED) is 0.173. The van der Waals surface area contributed by atoms with E-state index in [1.54, 1.807) is 60.7 Å². The second-order valence-corrected chi connectivity index (χ2v) is 9.18. The molecule has 9 heteroatoms. The number of furan rings is 1.